The normalized spacial score (nSPS) is 15.1. The molecule has 1 aliphatic rings. The van der Waals surface area contributed by atoms with Gasteiger partial charge in [0.1, 0.15) is 10.1 Å². The molecule has 1 amide bonds. The van der Waals surface area contributed by atoms with Gasteiger partial charge in [-0.05, 0) is 64.8 Å². The zero-order valence-electron chi connectivity index (χ0n) is 17.7. The summed E-state index contributed by atoms with van der Waals surface area (Å²) in [5.41, 5.74) is 3.47. The van der Waals surface area contributed by atoms with Gasteiger partial charge < -0.3 is 4.74 Å². The molecule has 0 bridgehead atoms. The number of amides is 1. The van der Waals surface area contributed by atoms with Crippen LogP contribution in [-0.2, 0) is 4.79 Å². The molecule has 2 aromatic carbocycles. The monoisotopic (exact) mass is 527 g/mol. The maximum Gasteiger partial charge on any atom is 0.266 e. The fourth-order valence-corrected chi connectivity index (χ4v) is 5.22. The molecule has 4 rings (SSSR count). The zero-order valence-corrected chi connectivity index (χ0v) is 21.0. The van der Waals surface area contributed by atoms with E-state index in [0.29, 0.717) is 15.8 Å². The van der Waals surface area contributed by atoms with Crippen molar-refractivity contribution >= 4 is 56.2 Å². The van der Waals surface area contributed by atoms with Crippen LogP contribution < -0.4 is 4.74 Å². The Morgan fingerprint density at radius 1 is 1.19 bits per heavy atom. The third-order valence-corrected chi connectivity index (χ3v) is 7.07. The predicted molar refractivity (Wildman–Crippen MR) is 138 cm³/mol. The molecule has 1 aromatic heterocycles. The van der Waals surface area contributed by atoms with Gasteiger partial charge in [-0.25, -0.2) is 4.68 Å². The second kappa shape index (κ2) is 10.0. The van der Waals surface area contributed by atoms with Crippen molar-refractivity contribution in [2.45, 2.75) is 19.8 Å². The molecular weight excluding hydrogens is 506 g/mol. The number of benzene rings is 2. The number of thioether (sulfide) groups is 1. The van der Waals surface area contributed by atoms with Crippen LogP contribution in [0.4, 0.5) is 0 Å². The highest BCUT2D eigenvalue weighted by Gasteiger charge is 2.31. The number of methoxy groups -OCH3 is 1. The van der Waals surface area contributed by atoms with Crippen LogP contribution in [0.5, 0.6) is 5.75 Å². The van der Waals surface area contributed by atoms with Gasteiger partial charge in [-0.15, -0.1) is 0 Å². The van der Waals surface area contributed by atoms with Crippen molar-refractivity contribution < 1.29 is 9.53 Å². The summed E-state index contributed by atoms with van der Waals surface area (Å²) < 4.78 is 8.66. The van der Waals surface area contributed by atoms with Crippen LogP contribution in [0.3, 0.4) is 0 Å². The first-order chi connectivity index (χ1) is 15.5. The molecule has 1 aliphatic heterocycles. The lowest BCUT2D eigenvalue weighted by Crippen LogP contribution is -2.28. The van der Waals surface area contributed by atoms with Gasteiger partial charge in [-0.2, -0.15) is 5.10 Å². The molecule has 0 radical (unpaired) electrons. The Labute approximate surface area is 205 Å². The van der Waals surface area contributed by atoms with Gasteiger partial charge in [0.05, 0.1) is 33.6 Å². The van der Waals surface area contributed by atoms with E-state index >= 15 is 0 Å². The Balaban J connectivity index is 1.76. The lowest BCUT2D eigenvalue weighted by molar-refractivity contribution is -0.122. The Morgan fingerprint density at radius 3 is 2.66 bits per heavy atom. The highest BCUT2D eigenvalue weighted by Crippen LogP contribution is 2.35. The Bertz CT molecular complexity index is 1190. The van der Waals surface area contributed by atoms with E-state index in [1.165, 1.54) is 11.8 Å². The number of hydrogen-bond acceptors (Lipinski definition) is 5. The third-order valence-electron chi connectivity index (χ3n) is 5.07. The van der Waals surface area contributed by atoms with Crippen LogP contribution in [0, 0.1) is 0 Å². The number of aromatic nitrogens is 2. The summed E-state index contributed by atoms with van der Waals surface area (Å²) in [5, 5.41) is 4.85. The number of ether oxygens (including phenoxy) is 1. The topological polar surface area (TPSA) is 47.4 Å². The van der Waals surface area contributed by atoms with E-state index in [9.17, 15) is 4.79 Å². The van der Waals surface area contributed by atoms with Gasteiger partial charge in [0.15, 0.2) is 0 Å². The molecule has 0 N–H and O–H groups in total. The van der Waals surface area contributed by atoms with Crippen molar-refractivity contribution in [3.8, 4) is 22.7 Å². The Morgan fingerprint density at radius 2 is 1.97 bits per heavy atom. The molecule has 164 valence electrons. The molecule has 0 spiro atoms. The molecule has 1 fully saturated rings. The Hall–Kier alpha value is -2.42. The van der Waals surface area contributed by atoms with Crippen molar-refractivity contribution in [2.24, 2.45) is 0 Å². The zero-order chi connectivity index (χ0) is 22.7. The van der Waals surface area contributed by atoms with Gasteiger partial charge in [-0.3, -0.25) is 9.69 Å². The number of carbonyl (C=O) groups excluding carboxylic acids is 1. The van der Waals surface area contributed by atoms with Crippen LogP contribution in [0.2, 0.25) is 0 Å². The third kappa shape index (κ3) is 4.67. The van der Waals surface area contributed by atoms with Crippen LogP contribution in [0.25, 0.3) is 23.0 Å². The van der Waals surface area contributed by atoms with Crippen molar-refractivity contribution in [3.63, 3.8) is 0 Å². The smallest absolute Gasteiger partial charge is 0.266 e. The minimum absolute atomic E-state index is 0.0389. The van der Waals surface area contributed by atoms with Gasteiger partial charge in [0.25, 0.3) is 5.91 Å². The summed E-state index contributed by atoms with van der Waals surface area (Å²) in [4.78, 5) is 15.3. The molecule has 1 saturated heterocycles. The van der Waals surface area contributed by atoms with Crippen LogP contribution >= 0.6 is 39.9 Å². The summed E-state index contributed by atoms with van der Waals surface area (Å²) >= 11 is 10.4. The maximum atomic E-state index is 13.0. The number of halogens is 1. The van der Waals surface area contributed by atoms with E-state index in [1.54, 1.807) is 12.0 Å². The molecule has 0 aliphatic carbocycles. The Kier molecular flexibility index (Phi) is 7.13. The largest absolute Gasteiger partial charge is 0.496 e. The summed E-state index contributed by atoms with van der Waals surface area (Å²) in [5.74, 6) is 0.718. The van der Waals surface area contributed by atoms with Gasteiger partial charge in [0.2, 0.25) is 0 Å². The summed E-state index contributed by atoms with van der Waals surface area (Å²) in [6, 6.07) is 17.7. The predicted octanol–water partition coefficient (Wildman–Crippen LogP) is 6.31. The van der Waals surface area contributed by atoms with E-state index in [0.717, 1.165) is 45.7 Å². The molecular formula is C24H22BrN3O2S2. The first-order valence-electron chi connectivity index (χ1n) is 10.3. The molecule has 8 heteroatoms. The van der Waals surface area contributed by atoms with Gasteiger partial charge in [-0.1, -0.05) is 55.5 Å². The minimum Gasteiger partial charge on any atom is -0.496 e. The van der Waals surface area contributed by atoms with Crippen molar-refractivity contribution in [2.75, 3.05) is 13.7 Å². The summed E-state index contributed by atoms with van der Waals surface area (Å²) in [6.07, 6.45) is 3.82. The van der Waals surface area contributed by atoms with Crippen LogP contribution in [0.1, 0.15) is 25.5 Å². The van der Waals surface area contributed by atoms with Crippen molar-refractivity contribution in [3.05, 3.63) is 69.7 Å². The molecule has 0 unspecified atom stereocenters. The van der Waals surface area contributed by atoms with Crippen molar-refractivity contribution in [1.29, 1.82) is 0 Å². The lowest BCUT2D eigenvalue weighted by atomic mass is 10.1. The SMILES string of the molecule is CCCCN1C(=O)/C(=C\c2cc(-c3ccc(OC)c(Br)c3)nn2-c2ccccc2)SC1=S. The first-order valence-corrected chi connectivity index (χ1v) is 12.3. The number of nitrogens with zero attached hydrogens (tertiary/aromatic N) is 3. The fraction of sp³-hybridized carbons (Fsp3) is 0.208. The van der Waals surface area contributed by atoms with E-state index in [4.69, 9.17) is 22.1 Å². The number of thiocarbonyl (C=S) groups is 1. The molecule has 32 heavy (non-hydrogen) atoms. The highest BCUT2D eigenvalue weighted by atomic mass is 79.9. The number of rotatable bonds is 7. The average Bonchev–Trinajstić information content (AvgIpc) is 3.34. The highest BCUT2D eigenvalue weighted by molar-refractivity contribution is 9.10. The fourth-order valence-electron chi connectivity index (χ4n) is 3.38. The number of unbranched alkanes of at least 4 members (excludes halogenated alkanes) is 1. The molecule has 5 nitrogen and oxygen atoms in total. The van der Waals surface area contributed by atoms with E-state index in [2.05, 4.69) is 22.9 Å². The van der Waals surface area contributed by atoms with E-state index in [-0.39, 0.29) is 5.91 Å². The molecule has 0 saturated carbocycles. The second-order valence-corrected chi connectivity index (χ2v) is 9.77. The van der Waals surface area contributed by atoms with E-state index in [1.807, 2.05) is 65.4 Å². The molecule has 2 heterocycles. The molecule has 0 atom stereocenters. The lowest BCUT2D eigenvalue weighted by Gasteiger charge is -2.13. The summed E-state index contributed by atoms with van der Waals surface area (Å²) in [7, 11) is 1.64. The van der Waals surface area contributed by atoms with Crippen molar-refractivity contribution in [1.82, 2.24) is 14.7 Å². The van der Waals surface area contributed by atoms with Crippen LogP contribution in [-0.4, -0.2) is 38.6 Å². The van der Waals surface area contributed by atoms with Crippen LogP contribution in [0.15, 0.2) is 64.0 Å². The van der Waals surface area contributed by atoms with Gasteiger partial charge in [0, 0.05) is 12.1 Å². The van der Waals surface area contributed by atoms with Gasteiger partial charge >= 0.3 is 0 Å². The number of carbonyl (C=O) groups is 1. The number of hydrogen-bond donors (Lipinski definition) is 0. The summed E-state index contributed by atoms with van der Waals surface area (Å²) in [6.45, 7) is 2.76. The minimum atomic E-state index is -0.0389. The quantitative estimate of drug-likeness (QED) is 0.266. The first kappa shape index (κ1) is 22.8. The maximum absolute atomic E-state index is 13.0. The standard InChI is InChI=1S/C24H22BrN3O2S2/c1-3-4-12-27-23(29)22(32-24(27)31)15-18-14-20(16-10-11-21(30-2)19(25)13-16)26-28(18)17-8-6-5-7-9-17/h5-11,13-15H,3-4,12H2,1-2H3/b22-15+. The second-order valence-electron chi connectivity index (χ2n) is 7.24. The number of para-hydroxylation sites is 1. The van der Waals surface area contributed by atoms with E-state index < -0.39 is 0 Å². The molecule has 3 aromatic rings. The average molecular weight is 528 g/mol.